The topological polar surface area (TPSA) is 82.0 Å². The van der Waals surface area contributed by atoms with Crippen LogP contribution in [0, 0.1) is 12.8 Å². The predicted molar refractivity (Wildman–Crippen MR) is 71.4 cm³/mol. The number of aromatic nitrogens is 1. The van der Waals surface area contributed by atoms with Crippen LogP contribution in [0.5, 0.6) is 0 Å². The van der Waals surface area contributed by atoms with Crippen LogP contribution < -0.4 is 0 Å². The van der Waals surface area contributed by atoms with Crippen molar-refractivity contribution in [1.82, 2.24) is 9.88 Å². The van der Waals surface area contributed by atoms with E-state index in [0.29, 0.717) is 26.1 Å². The second-order valence-corrected chi connectivity index (χ2v) is 4.84. The standard InChI is InChI=1S/C13H17N5O/c1-10-3-2-4-12(16-10)5-6-18-9-11(7-13(18)19)8-15-17-14/h2-4,11H,5-9H2,1H3. The van der Waals surface area contributed by atoms with Crippen molar-refractivity contribution in [2.75, 3.05) is 19.6 Å². The molecule has 1 aliphatic rings. The van der Waals surface area contributed by atoms with Crippen molar-refractivity contribution in [3.8, 4) is 0 Å². The molecular weight excluding hydrogens is 242 g/mol. The Hall–Kier alpha value is -2.07. The van der Waals surface area contributed by atoms with Crippen LogP contribution in [0.4, 0.5) is 0 Å². The molecule has 1 atom stereocenters. The molecule has 1 fully saturated rings. The van der Waals surface area contributed by atoms with E-state index in [1.807, 2.05) is 30.0 Å². The molecule has 0 spiro atoms. The smallest absolute Gasteiger partial charge is 0.222 e. The van der Waals surface area contributed by atoms with Crippen LogP contribution in [0.2, 0.25) is 0 Å². The first-order valence-electron chi connectivity index (χ1n) is 6.40. The number of hydrogen-bond donors (Lipinski definition) is 0. The predicted octanol–water partition coefficient (Wildman–Crippen LogP) is 2.09. The lowest BCUT2D eigenvalue weighted by Crippen LogP contribution is -2.28. The number of amides is 1. The second-order valence-electron chi connectivity index (χ2n) is 4.84. The van der Waals surface area contributed by atoms with Gasteiger partial charge in [-0.3, -0.25) is 9.78 Å². The monoisotopic (exact) mass is 259 g/mol. The summed E-state index contributed by atoms with van der Waals surface area (Å²) in [5, 5.41) is 3.54. The zero-order valence-corrected chi connectivity index (χ0v) is 11.0. The van der Waals surface area contributed by atoms with E-state index in [9.17, 15) is 4.79 Å². The molecule has 1 aliphatic heterocycles. The molecule has 1 aromatic heterocycles. The summed E-state index contributed by atoms with van der Waals surface area (Å²) >= 11 is 0. The Morgan fingerprint density at radius 3 is 3.16 bits per heavy atom. The molecule has 0 saturated carbocycles. The van der Waals surface area contributed by atoms with Crippen LogP contribution in [0.3, 0.4) is 0 Å². The van der Waals surface area contributed by atoms with Crippen molar-refractivity contribution in [3.05, 3.63) is 40.0 Å². The molecule has 6 nitrogen and oxygen atoms in total. The second kappa shape index (κ2) is 6.20. The third-order valence-electron chi connectivity index (χ3n) is 3.28. The van der Waals surface area contributed by atoms with Gasteiger partial charge in [-0.15, -0.1) is 0 Å². The van der Waals surface area contributed by atoms with Crippen molar-refractivity contribution in [1.29, 1.82) is 0 Å². The summed E-state index contributed by atoms with van der Waals surface area (Å²) in [6.07, 6.45) is 1.25. The van der Waals surface area contributed by atoms with Crippen LogP contribution in [0.15, 0.2) is 23.3 Å². The van der Waals surface area contributed by atoms with Gasteiger partial charge in [0.25, 0.3) is 0 Å². The average molecular weight is 259 g/mol. The lowest BCUT2D eigenvalue weighted by Gasteiger charge is -2.16. The quantitative estimate of drug-likeness (QED) is 0.461. The first-order valence-corrected chi connectivity index (χ1v) is 6.40. The largest absolute Gasteiger partial charge is 0.342 e. The summed E-state index contributed by atoms with van der Waals surface area (Å²) in [5.41, 5.74) is 10.3. The first-order chi connectivity index (χ1) is 9.19. The summed E-state index contributed by atoms with van der Waals surface area (Å²) in [6.45, 7) is 3.73. The van der Waals surface area contributed by atoms with Gasteiger partial charge in [-0.2, -0.15) is 0 Å². The minimum atomic E-state index is 0.144. The number of aryl methyl sites for hydroxylation is 1. The highest BCUT2D eigenvalue weighted by molar-refractivity contribution is 5.78. The van der Waals surface area contributed by atoms with E-state index in [2.05, 4.69) is 15.0 Å². The molecule has 1 aromatic rings. The van der Waals surface area contributed by atoms with Gasteiger partial charge < -0.3 is 4.90 Å². The van der Waals surface area contributed by atoms with Gasteiger partial charge >= 0.3 is 0 Å². The van der Waals surface area contributed by atoms with Gasteiger partial charge in [0.05, 0.1) is 0 Å². The van der Waals surface area contributed by atoms with Gasteiger partial charge in [0.1, 0.15) is 0 Å². The van der Waals surface area contributed by atoms with E-state index in [0.717, 1.165) is 17.8 Å². The van der Waals surface area contributed by atoms with Gasteiger partial charge in [0.15, 0.2) is 0 Å². The molecule has 100 valence electrons. The van der Waals surface area contributed by atoms with Gasteiger partial charge in [0, 0.05) is 48.8 Å². The minimum absolute atomic E-state index is 0.144. The van der Waals surface area contributed by atoms with Crippen LogP contribution in [0.1, 0.15) is 17.8 Å². The molecule has 0 aliphatic carbocycles. The third-order valence-corrected chi connectivity index (χ3v) is 3.28. The van der Waals surface area contributed by atoms with Crippen molar-refractivity contribution < 1.29 is 4.79 Å². The molecule has 0 aromatic carbocycles. The average Bonchev–Trinajstić information content (AvgIpc) is 2.75. The number of likely N-dealkylation sites (tertiary alicyclic amines) is 1. The summed E-state index contributed by atoms with van der Waals surface area (Å²) in [4.78, 5) is 20.8. The van der Waals surface area contributed by atoms with E-state index in [1.165, 1.54) is 0 Å². The normalized spacial score (nSPS) is 18.5. The fraction of sp³-hybridized carbons (Fsp3) is 0.538. The zero-order valence-electron chi connectivity index (χ0n) is 11.0. The Balaban J connectivity index is 1.86. The van der Waals surface area contributed by atoms with Gasteiger partial charge in [-0.05, 0) is 30.5 Å². The molecule has 6 heteroatoms. The van der Waals surface area contributed by atoms with E-state index in [1.54, 1.807) is 0 Å². The Morgan fingerprint density at radius 1 is 1.58 bits per heavy atom. The first kappa shape index (κ1) is 13.4. The SMILES string of the molecule is Cc1cccc(CCN2CC(CN=[N+]=[N-])CC2=O)n1. The van der Waals surface area contributed by atoms with E-state index in [4.69, 9.17) is 5.53 Å². The Kier molecular flexibility index (Phi) is 4.36. The number of pyridine rings is 1. The van der Waals surface area contributed by atoms with Gasteiger partial charge in [0.2, 0.25) is 5.91 Å². The molecule has 19 heavy (non-hydrogen) atoms. The molecule has 1 saturated heterocycles. The lowest BCUT2D eigenvalue weighted by molar-refractivity contribution is -0.127. The Labute approximate surface area is 112 Å². The third kappa shape index (κ3) is 3.69. The van der Waals surface area contributed by atoms with Gasteiger partial charge in [-0.1, -0.05) is 11.2 Å². The summed E-state index contributed by atoms with van der Waals surface area (Å²) in [5.74, 6) is 0.305. The highest BCUT2D eigenvalue weighted by Gasteiger charge is 2.28. The van der Waals surface area contributed by atoms with Crippen LogP contribution in [0.25, 0.3) is 10.4 Å². The number of carbonyl (C=O) groups excluding carboxylic acids is 1. The number of hydrogen-bond acceptors (Lipinski definition) is 3. The minimum Gasteiger partial charge on any atom is -0.342 e. The Morgan fingerprint density at radius 2 is 2.42 bits per heavy atom. The summed E-state index contributed by atoms with van der Waals surface area (Å²) < 4.78 is 0. The summed E-state index contributed by atoms with van der Waals surface area (Å²) in [7, 11) is 0. The number of azide groups is 1. The molecule has 2 heterocycles. The van der Waals surface area contributed by atoms with Crippen molar-refractivity contribution in [2.45, 2.75) is 19.8 Å². The molecule has 1 unspecified atom stereocenters. The highest BCUT2D eigenvalue weighted by atomic mass is 16.2. The molecular formula is C13H17N5O. The fourth-order valence-electron chi connectivity index (χ4n) is 2.33. The number of nitrogens with zero attached hydrogens (tertiary/aromatic N) is 5. The maximum Gasteiger partial charge on any atom is 0.222 e. The van der Waals surface area contributed by atoms with Crippen LogP contribution in [-0.2, 0) is 11.2 Å². The molecule has 2 rings (SSSR count). The van der Waals surface area contributed by atoms with Crippen molar-refractivity contribution >= 4 is 5.91 Å². The molecule has 0 radical (unpaired) electrons. The Bertz CT molecular complexity index is 510. The maximum atomic E-state index is 11.8. The molecule has 1 amide bonds. The van der Waals surface area contributed by atoms with Crippen LogP contribution >= 0.6 is 0 Å². The summed E-state index contributed by atoms with van der Waals surface area (Å²) in [6, 6.07) is 5.92. The molecule has 0 N–H and O–H groups in total. The van der Waals surface area contributed by atoms with E-state index < -0.39 is 0 Å². The van der Waals surface area contributed by atoms with E-state index >= 15 is 0 Å². The van der Waals surface area contributed by atoms with Crippen LogP contribution in [-0.4, -0.2) is 35.4 Å². The lowest BCUT2D eigenvalue weighted by atomic mass is 10.1. The molecule has 0 bridgehead atoms. The van der Waals surface area contributed by atoms with Crippen molar-refractivity contribution in [2.24, 2.45) is 11.0 Å². The van der Waals surface area contributed by atoms with Gasteiger partial charge in [-0.25, -0.2) is 0 Å². The maximum absolute atomic E-state index is 11.8. The highest BCUT2D eigenvalue weighted by Crippen LogP contribution is 2.18. The fourth-order valence-corrected chi connectivity index (χ4v) is 2.33. The zero-order chi connectivity index (χ0) is 13.7. The number of rotatable bonds is 5. The van der Waals surface area contributed by atoms with E-state index in [-0.39, 0.29) is 11.8 Å². The number of carbonyl (C=O) groups is 1. The van der Waals surface area contributed by atoms with Crippen molar-refractivity contribution in [3.63, 3.8) is 0 Å².